The van der Waals surface area contributed by atoms with E-state index in [1.165, 1.54) is 11.8 Å². The molecular weight excluding hydrogens is 210 g/mol. The van der Waals surface area contributed by atoms with Crippen molar-refractivity contribution < 1.29 is 14.7 Å². The molecule has 6 heteroatoms. The zero-order chi connectivity index (χ0) is 9.84. The number of halogens is 1. The molecule has 1 rings (SSSR count). The van der Waals surface area contributed by atoms with E-state index < -0.39 is 7.32 Å². The third-order valence-electron chi connectivity index (χ3n) is 1.37. The van der Waals surface area contributed by atoms with Crippen LogP contribution in [0.5, 0.6) is 5.75 Å². The van der Waals surface area contributed by atoms with E-state index in [-0.39, 0.29) is 0 Å². The number of benzene rings is 1. The highest BCUT2D eigenvalue weighted by Crippen LogP contribution is 2.34. The summed E-state index contributed by atoms with van der Waals surface area (Å²) >= 11 is 7.23. The average Bonchev–Trinajstić information content (AvgIpc) is 2.03. The van der Waals surface area contributed by atoms with E-state index in [0.29, 0.717) is 15.7 Å². The molecule has 70 valence electrons. The molecule has 2 N–H and O–H groups in total. The summed E-state index contributed by atoms with van der Waals surface area (Å²) in [4.78, 5) is 0.692. The molecule has 0 aromatic heterocycles. The van der Waals surface area contributed by atoms with Crippen LogP contribution in [0.15, 0.2) is 23.1 Å². The highest BCUT2D eigenvalue weighted by atomic mass is 35.5. The van der Waals surface area contributed by atoms with E-state index >= 15 is 0 Å². The standard InChI is InChI=1S/C7H8BClO3S/c1-13-7-5(9)3-2-4-6(7)12-8(10)11/h2-4,10-11H,1H3. The molecule has 0 aliphatic rings. The fourth-order valence-electron chi connectivity index (χ4n) is 0.894. The van der Waals surface area contributed by atoms with Crippen molar-refractivity contribution in [3.63, 3.8) is 0 Å². The molecule has 1 aromatic rings. The molecule has 0 amide bonds. The van der Waals surface area contributed by atoms with Crippen LogP contribution in [-0.4, -0.2) is 23.6 Å². The van der Waals surface area contributed by atoms with Crippen molar-refractivity contribution in [1.29, 1.82) is 0 Å². The Bertz CT molecular complexity index is 295. The van der Waals surface area contributed by atoms with Crippen molar-refractivity contribution in [2.75, 3.05) is 6.26 Å². The minimum Gasteiger partial charge on any atom is -0.511 e. The summed E-state index contributed by atoms with van der Waals surface area (Å²) in [6, 6.07) is 5.01. The van der Waals surface area contributed by atoms with Gasteiger partial charge in [0.05, 0.1) is 9.92 Å². The van der Waals surface area contributed by atoms with Crippen LogP contribution < -0.4 is 4.65 Å². The Morgan fingerprint density at radius 1 is 1.46 bits per heavy atom. The van der Waals surface area contributed by atoms with Gasteiger partial charge < -0.3 is 14.7 Å². The Balaban J connectivity index is 2.98. The Kier molecular flexibility index (Phi) is 3.93. The van der Waals surface area contributed by atoms with Gasteiger partial charge >= 0.3 is 7.32 Å². The van der Waals surface area contributed by atoms with Crippen molar-refractivity contribution in [2.24, 2.45) is 0 Å². The van der Waals surface area contributed by atoms with Gasteiger partial charge in [-0.05, 0) is 18.4 Å². The monoisotopic (exact) mass is 218 g/mol. The summed E-state index contributed by atoms with van der Waals surface area (Å²) in [5.74, 6) is 0.370. The van der Waals surface area contributed by atoms with Gasteiger partial charge in [-0.25, -0.2) is 0 Å². The molecule has 0 radical (unpaired) electrons. The zero-order valence-corrected chi connectivity index (χ0v) is 8.47. The largest absolute Gasteiger partial charge is 0.707 e. The topological polar surface area (TPSA) is 49.7 Å². The van der Waals surface area contributed by atoms with E-state index in [1.807, 2.05) is 6.26 Å². The van der Waals surface area contributed by atoms with E-state index in [4.69, 9.17) is 26.3 Å². The molecule has 0 atom stereocenters. The first-order chi connectivity index (χ1) is 6.15. The second-order valence-corrected chi connectivity index (χ2v) is 3.44. The normalized spacial score (nSPS) is 9.85. The molecule has 0 fully saturated rings. The number of rotatable bonds is 3. The van der Waals surface area contributed by atoms with E-state index in [9.17, 15) is 0 Å². The Morgan fingerprint density at radius 3 is 2.69 bits per heavy atom. The minimum atomic E-state index is -1.82. The fourth-order valence-corrected chi connectivity index (χ4v) is 1.87. The molecule has 0 aliphatic heterocycles. The molecule has 0 heterocycles. The second-order valence-electron chi connectivity index (χ2n) is 2.22. The molecule has 0 unspecified atom stereocenters. The Morgan fingerprint density at radius 2 is 2.15 bits per heavy atom. The smallest absolute Gasteiger partial charge is 0.511 e. The average molecular weight is 218 g/mol. The molecule has 0 aliphatic carbocycles. The van der Waals surface area contributed by atoms with Gasteiger partial charge in [-0.1, -0.05) is 17.7 Å². The first-order valence-electron chi connectivity index (χ1n) is 3.50. The molecule has 0 saturated heterocycles. The fraction of sp³-hybridized carbons (Fsp3) is 0.143. The predicted octanol–water partition coefficient (Wildman–Crippen LogP) is 1.41. The van der Waals surface area contributed by atoms with Gasteiger partial charge in [0.25, 0.3) is 0 Å². The lowest BCUT2D eigenvalue weighted by atomic mass is 10.2. The van der Waals surface area contributed by atoms with Gasteiger partial charge in [0.15, 0.2) is 0 Å². The highest BCUT2D eigenvalue weighted by Gasteiger charge is 2.15. The van der Waals surface area contributed by atoms with Gasteiger partial charge in [0, 0.05) is 0 Å². The van der Waals surface area contributed by atoms with E-state index in [0.717, 1.165) is 0 Å². The van der Waals surface area contributed by atoms with Crippen LogP contribution in [-0.2, 0) is 0 Å². The van der Waals surface area contributed by atoms with Gasteiger partial charge in [0.1, 0.15) is 5.75 Å². The van der Waals surface area contributed by atoms with Crippen LogP contribution in [0.25, 0.3) is 0 Å². The maximum absolute atomic E-state index is 8.60. The molecule has 1 aromatic carbocycles. The summed E-state index contributed by atoms with van der Waals surface area (Å²) in [6.45, 7) is 0. The van der Waals surface area contributed by atoms with Crippen molar-refractivity contribution in [3.8, 4) is 5.75 Å². The number of hydrogen-bond acceptors (Lipinski definition) is 4. The zero-order valence-electron chi connectivity index (χ0n) is 6.90. The third-order valence-corrected chi connectivity index (χ3v) is 2.62. The predicted molar refractivity (Wildman–Crippen MR) is 54.1 cm³/mol. The van der Waals surface area contributed by atoms with Gasteiger partial charge in [-0.2, -0.15) is 0 Å². The van der Waals surface area contributed by atoms with E-state index in [2.05, 4.69) is 0 Å². The third kappa shape index (κ3) is 2.81. The molecular formula is C7H8BClO3S. The summed E-state index contributed by atoms with van der Waals surface area (Å²) in [7, 11) is -1.82. The van der Waals surface area contributed by atoms with Crippen LogP contribution in [0, 0.1) is 0 Å². The van der Waals surface area contributed by atoms with Crippen LogP contribution in [0.3, 0.4) is 0 Å². The van der Waals surface area contributed by atoms with Crippen molar-refractivity contribution in [1.82, 2.24) is 0 Å². The van der Waals surface area contributed by atoms with Crippen molar-refractivity contribution in [3.05, 3.63) is 23.2 Å². The first kappa shape index (κ1) is 10.7. The van der Waals surface area contributed by atoms with Crippen LogP contribution >= 0.6 is 23.4 Å². The first-order valence-corrected chi connectivity index (χ1v) is 5.10. The molecule has 13 heavy (non-hydrogen) atoms. The molecule has 0 spiro atoms. The van der Waals surface area contributed by atoms with Gasteiger partial charge in [0.2, 0.25) is 0 Å². The maximum atomic E-state index is 8.60. The van der Waals surface area contributed by atoms with Crippen LogP contribution in [0.2, 0.25) is 5.02 Å². The van der Waals surface area contributed by atoms with Crippen molar-refractivity contribution in [2.45, 2.75) is 4.90 Å². The summed E-state index contributed by atoms with van der Waals surface area (Å²) < 4.78 is 4.72. The Labute approximate surface area is 85.9 Å². The molecule has 0 saturated carbocycles. The number of thioether (sulfide) groups is 1. The molecule has 3 nitrogen and oxygen atoms in total. The highest BCUT2D eigenvalue weighted by molar-refractivity contribution is 7.98. The van der Waals surface area contributed by atoms with E-state index in [1.54, 1.807) is 18.2 Å². The van der Waals surface area contributed by atoms with Crippen molar-refractivity contribution >= 4 is 30.7 Å². The minimum absolute atomic E-state index is 0.370. The number of hydrogen-bond donors (Lipinski definition) is 2. The van der Waals surface area contributed by atoms with Gasteiger partial charge in [-0.3, -0.25) is 0 Å². The lowest BCUT2D eigenvalue weighted by molar-refractivity contribution is 0.285. The second kappa shape index (κ2) is 4.76. The lowest BCUT2D eigenvalue weighted by Crippen LogP contribution is -2.20. The maximum Gasteiger partial charge on any atom is 0.707 e. The van der Waals surface area contributed by atoms with Gasteiger partial charge in [-0.15, -0.1) is 11.8 Å². The lowest BCUT2D eigenvalue weighted by Gasteiger charge is -2.09. The van der Waals surface area contributed by atoms with Crippen LogP contribution in [0.1, 0.15) is 0 Å². The quantitative estimate of drug-likeness (QED) is 0.595. The summed E-state index contributed by atoms with van der Waals surface area (Å²) in [5.41, 5.74) is 0. The SMILES string of the molecule is CSc1c(Cl)cccc1OB(O)O. The Hall–Kier alpha value is -0.355. The molecule has 0 bridgehead atoms. The summed E-state index contributed by atoms with van der Waals surface area (Å²) in [6.07, 6.45) is 1.83. The summed E-state index contributed by atoms with van der Waals surface area (Å²) in [5, 5.41) is 17.7. The van der Waals surface area contributed by atoms with Crippen LogP contribution in [0.4, 0.5) is 0 Å².